The zero-order chi connectivity index (χ0) is 18.6. The van der Waals surface area contributed by atoms with Crippen molar-refractivity contribution < 1.29 is 4.74 Å². The van der Waals surface area contributed by atoms with Crippen molar-refractivity contribution in [3.8, 4) is 39.7 Å². The average molecular weight is 348 g/mol. The van der Waals surface area contributed by atoms with E-state index in [0.717, 1.165) is 39.3 Å². The van der Waals surface area contributed by atoms with Gasteiger partial charge in [-0.2, -0.15) is 0 Å². The molecule has 2 radical (unpaired) electrons. The Morgan fingerprint density at radius 1 is 0.667 bits per heavy atom. The summed E-state index contributed by atoms with van der Waals surface area (Å²) >= 11 is 0. The van der Waals surface area contributed by atoms with Gasteiger partial charge in [-0.15, -0.1) is 0 Å². The fourth-order valence-corrected chi connectivity index (χ4v) is 2.87. The van der Waals surface area contributed by atoms with Crippen molar-refractivity contribution in [2.45, 2.75) is 0 Å². The maximum Gasteiger partial charge on any atom is 0.160 e. The Bertz CT molecular complexity index is 1050. The van der Waals surface area contributed by atoms with Crippen LogP contribution < -0.4 is 10.2 Å². The van der Waals surface area contributed by atoms with Crippen LogP contribution in [0.1, 0.15) is 0 Å². The molecular weight excluding hydrogens is 331 g/mol. The number of aromatic nitrogens is 2. The molecule has 0 amide bonds. The first kappa shape index (κ1) is 17.0. The molecule has 1 aromatic heterocycles. The monoisotopic (exact) mass is 348 g/mol. The molecule has 3 nitrogen and oxygen atoms in total. The summed E-state index contributed by atoms with van der Waals surface area (Å²) in [6.45, 7) is 0. The number of rotatable bonds is 4. The predicted molar refractivity (Wildman–Crippen MR) is 110 cm³/mol. The summed E-state index contributed by atoms with van der Waals surface area (Å²) in [7, 11) is 7.49. The van der Waals surface area contributed by atoms with Crippen molar-refractivity contribution >= 4 is 13.3 Å². The first-order valence-electron chi connectivity index (χ1n) is 8.68. The standard InChI is InChI=1S/C23H17BN2O/c1-27-20-13-9-17(10-14-20)22-15-21(16-7-11-19(24)12-8-16)25-23(26-22)18-5-3-2-4-6-18/h2-15H,1H3. The normalized spacial score (nSPS) is 10.6. The molecule has 128 valence electrons. The summed E-state index contributed by atoms with van der Waals surface area (Å²) in [5.74, 6) is 1.51. The van der Waals surface area contributed by atoms with Gasteiger partial charge >= 0.3 is 0 Å². The van der Waals surface area contributed by atoms with Crippen LogP contribution in [0.3, 0.4) is 0 Å². The minimum absolute atomic E-state index is 0.691. The average Bonchev–Trinajstić information content (AvgIpc) is 2.74. The minimum atomic E-state index is 0.691. The Labute approximate surface area is 160 Å². The number of nitrogens with zero attached hydrogens (tertiary/aromatic N) is 2. The van der Waals surface area contributed by atoms with Crippen molar-refractivity contribution in [2.75, 3.05) is 7.11 Å². The van der Waals surface area contributed by atoms with Crippen molar-refractivity contribution in [2.24, 2.45) is 0 Å². The molecule has 0 fully saturated rings. The van der Waals surface area contributed by atoms with Gasteiger partial charge in [-0.25, -0.2) is 9.97 Å². The summed E-state index contributed by atoms with van der Waals surface area (Å²) in [5, 5.41) is 0. The molecule has 3 aromatic carbocycles. The summed E-state index contributed by atoms with van der Waals surface area (Å²) < 4.78 is 5.26. The van der Waals surface area contributed by atoms with Crippen LogP contribution in [-0.4, -0.2) is 24.9 Å². The second-order valence-electron chi connectivity index (χ2n) is 6.18. The Hall–Kier alpha value is -3.40. The number of hydrogen-bond acceptors (Lipinski definition) is 3. The molecule has 0 spiro atoms. The van der Waals surface area contributed by atoms with Crippen LogP contribution in [0.15, 0.2) is 84.9 Å². The molecule has 0 N–H and O–H groups in total. The van der Waals surface area contributed by atoms with E-state index in [1.54, 1.807) is 7.11 Å². The highest BCUT2D eigenvalue weighted by Gasteiger charge is 2.10. The van der Waals surface area contributed by atoms with Crippen LogP contribution >= 0.6 is 0 Å². The van der Waals surface area contributed by atoms with E-state index in [1.165, 1.54) is 0 Å². The fraction of sp³-hybridized carbons (Fsp3) is 0.0435. The van der Waals surface area contributed by atoms with Crippen molar-refractivity contribution in [1.82, 2.24) is 9.97 Å². The highest BCUT2D eigenvalue weighted by molar-refractivity contribution is 6.32. The van der Waals surface area contributed by atoms with Crippen molar-refractivity contribution in [3.05, 3.63) is 84.9 Å². The molecule has 27 heavy (non-hydrogen) atoms. The quantitative estimate of drug-likeness (QED) is 0.517. The van der Waals surface area contributed by atoms with Crippen LogP contribution in [-0.2, 0) is 0 Å². The SMILES string of the molecule is [B]c1ccc(-c2cc(-c3ccc(OC)cc3)nc(-c3ccccc3)n2)cc1. The van der Waals surface area contributed by atoms with E-state index < -0.39 is 0 Å². The van der Waals surface area contributed by atoms with E-state index in [1.807, 2.05) is 84.9 Å². The Morgan fingerprint density at radius 3 is 1.78 bits per heavy atom. The fourth-order valence-electron chi connectivity index (χ4n) is 2.87. The summed E-state index contributed by atoms with van der Waals surface area (Å²) in [5.41, 5.74) is 5.43. The molecule has 1 heterocycles. The lowest BCUT2D eigenvalue weighted by Crippen LogP contribution is -2.00. The molecule has 0 unspecified atom stereocenters. The van der Waals surface area contributed by atoms with Crippen LogP contribution in [0.5, 0.6) is 5.75 Å². The minimum Gasteiger partial charge on any atom is -0.497 e. The summed E-state index contributed by atoms with van der Waals surface area (Å²) in [6, 6.07) is 27.6. The largest absolute Gasteiger partial charge is 0.497 e. The van der Waals surface area contributed by atoms with E-state index in [2.05, 4.69) is 0 Å². The van der Waals surface area contributed by atoms with Gasteiger partial charge in [-0.05, 0) is 30.3 Å². The highest BCUT2D eigenvalue weighted by Crippen LogP contribution is 2.28. The van der Waals surface area contributed by atoms with Gasteiger partial charge in [0.05, 0.1) is 18.5 Å². The molecule has 0 atom stereocenters. The lowest BCUT2D eigenvalue weighted by Gasteiger charge is -2.10. The van der Waals surface area contributed by atoms with Gasteiger partial charge in [0.2, 0.25) is 0 Å². The van der Waals surface area contributed by atoms with E-state index in [9.17, 15) is 0 Å². The molecule has 0 aliphatic carbocycles. The van der Waals surface area contributed by atoms with Gasteiger partial charge in [0, 0.05) is 16.7 Å². The smallest absolute Gasteiger partial charge is 0.160 e. The maximum atomic E-state index is 5.83. The van der Waals surface area contributed by atoms with Crippen molar-refractivity contribution in [3.63, 3.8) is 0 Å². The number of benzene rings is 3. The molecule has 0 bridgehead atoms. The first-order valence-corrected chi connectivity index (χ1v) is 8.68. The van der Waals surface area contributed by atoms with E-state index in [4.69, 9.17) is 22.6 Å². The third-order valence-corrected chi connectivity index (χ3v) is 4.35. The number of ether oxygens (including phenoxy) is 1. The van der Waals surface area contributed by atoms with E-state index in [-0.39, 0.29) is 0 Å². The van der Waals surface area contributed by atoms with Crippen LogP contribution in [0, 0.1) is 0 Å². The van der Waals surface area contributed by atoms with Gasteiger partial charge in [0.15, 0.2) is 5.82 Å². The van der Waals surface area contributed by atoms with E-state index in [0.29, 0.717) is 5.82 Å². The van der Waals surface area contributed by atoms with Crippen molar-refractivity contribution in [1.29, 1.82) is 0 Å². The second kappa shape index (κ2) is 7.46. The van der Waals surface area contributed by atoms with Crippen LogP contribution in [0.2, 0.25) is 0 Å². The lowest BCUT2D eigenvalue weighted by atomic mass is 9.94. The molecule has 4 rings (SSSR count). The third-order valence-electron chi connectivity index (χ3n) is 4.35. The third kappa shape index (κ3) is 3.75. The van der Waals surface area contributed by atoms with Gasteiger partial charge < -0.3 is 4.74 Å². The van der Waals surface area contributed by atoms with Crippen LogP contribution in [0.4, 0.5) is 0 Å². The van der Waals surface area contributed by atoms with Crippen LogP contribution in [0.25, 0.3) is 33.9 Å². The highest BCUT2D eigenvalue weighted by atomic mass is 16.5. The lowest BCUT2D eigenvalue weighted by molar-refractivity contribution is 0.415. The Balaban J connectivity index is 1.87. The number of methoxy groups -OCH3 is 1. The Kier molecular flexibility index (Phi) is 4.71. The zero-order valence-corrected chi connectivity index (χ0v) is 15.0. The summed E-state index contributed by atoms with van der Waals surface area (Å²) in [4.78, 5) is 9.58. The number of hydrogen-bond donors (Lipinski definition) is 0. The van der Waals surface area contributed by atoms with E-state index >= 15 is 0 Å². The molecule has 4 aromatic rings. The molecule has 0 saturated heterocycles. The first-order chi connectivity index (χ1) is 13.2. The molecule has 0 aliphatic rings. The molecule has 4 heteroatoms. The molecule has 0 aliphatic heterocycles. The second-order valence-corrected chi connectivity index (χ2v) is 6.18. The predicted octanol–water partition coefficient (Wildman–Crippen LogP) is 4.28. The summed E-state index contributed by atoms with van der Waals surface area (Å²) in [6.07, 6.45) is 0. The Morgan fingerprint density at radius 2 is 1.22 bits per heavy atom. The molecule has 0 saturated carbocycles. The zero-order valence-electron chi connectivity index (χ0n) is 15.0. The van der Waals surface area contributed by atoms with Gasteiger partial charge in [-0.3, -0.25) is 0 Å². The topological polar surface area (TPSA) is 35.0 Å². The van der Waals surface area contributed by atoms with Gasteiger partial charge in [0.25, 0.3) is 0 Å². The van der Waals surface area contributed by atoms with Gasteiger partial charge in [-0.1, -0.05) is 60.1 Å². The molecular formula is C23H17BN2O. The van der Waals surface area contributed by atoms with Gasteiger partial charge in [0.1, 0.15) is 13.6 Å². The maximum absolute atomic E-state index is 5.83.